The maximum absolute atomic E-state index is 13.3. The molecule has 1 aliphatic heterocycles. The molecule has 1 aromatic carbocycles. The van der Waals surface area contributed by atoms with Gasteiger partial charge < -0.3 is 10.6 Å². The minimum atomic E-state index is -0.501. The molecule has 0 saturated carbocycles. The Morgan fingerprint density at radius 2 is 2.21 bits per heavy atom. The van der Waals surface area contributed by atoms with Crippen molar-refractivity contribution in [1.82, 2.24) is 10.6 Å². The molecule has 3 nitrogen and oxygen atoms in total. The van der Waals surface area contributed by atoms with Crippen molar-refractivity contribution < 1.29 is 13.6 Å². The van der Waals surface area contributed by atoms with Gasteiger partial charge in [-0.25, -0.2) is 8.78 Å². The van der Waals surface area contributed by atoms with E-state index in [1.165, 1.54) is 0 Å². The Morgan fingerprint density at radius 3 is 2.89 bits per heavy atom. The Labute approximate surface area is 117 Å². The summed E-state index contributed by atoms with van der Waals surface area (Å²) in [5.74, 6) is -0.769. The van der Waals surface area contributed by atoms with E-state index in [1.807, 2.05) is 0 Å². The predicted octanol–water partition coefficient (Wildman–Crippen LogP) is 2.00. The van der Waals surface area contributed by atoms with Crippen LogP contribution in [0.2, 0.25) is 0 Å². The van der Waals surface area contributed by atoms with E-state index >= 15 is 0 Å². The van der Waals surface area contributed by atoms with Gasteiger partial charge in [0.1, 0.15) is 11.6 Å². The van der Waals surface area contributed by atoms with Crippen LogP contribution in [0.25, 0.3) is 0 Å². The van der Waals surface area contributed by atoms with Crippen LogP contribution in [0.1, 0.15) is 18.4 Å². The third-order valence-corrected chi connectivity index (χ3v) is 3.12. The summed E-state index contributed by atoms with van der Waals surface area (Å²) in [6.07, 6.45) is 1.42. The molecular formula is C13H17ClF2N2O. The van der Waals surface area contributed by atoms with Gasteiger partial charge in [0.25, 0.3) is 0 Å². The van der Waals surface area contributed by atoms with Crippen molar-refractivity contribution in [2.24, 2.45) is 5.92 Å². The summed E-state index contributed by atoms with van der Waals surface area (Å²) in [6, 6.07) is 3.23. The number of carbonyl (C=O) groups excluding carboxylic acids is 1. The lowest BCUT2D eigenvalue weighted by atomic mass is 10.0. The van der Waals surface area contributed by atoms with Crippen LogP contribution in [0.15, 0.2) is 18.2 Å². The smallest absolute Gasteiger partial charge is 0.220 e. The van der Waals surface area contributed by atoms with E-state index in [0.29, 0.717) is 12.3 Å². The summed E-state index contributed by atoms with van der Waals surface area (Å²) in [7, 11) is 0. The van der Waals surface area contributed by atoms with Crippen LogP contribution in [-0.4, -0.2) is 19.0 Å². The van der Waals surface area contributed by atoms with E-state index in [1.54, 1.807) is 0 Å². The van der Waals surface area contributed by atoms with Crippen LogP contribution >= 0.6 is 12.4 Å². The Kier molecular flexibility index (Phi) is 6.18. The molecule has 106 valence electrons. The first-order chi connectivity index (χ1) is 8.65. The number of amides is 1. The highest BCUT2D eigenvalue weighted by molar-refractivity contribution is 5.85. The molecule has 1 saturated heterocycles. The van der Waals surface area contributed by atoms with Gasteiger partial charge in [-0.15, -0.1) is 12.4 Å². The number of nitrogens with one attached hydrogen (secondary N) is 2. The van der Waals surface area contributed by atoms with Gasteiger partial charge in [-0.05, 0) is 43.6 Å². The number of hydrogen-bond acceptors (Lipinski definition) is 2. The zero-order valence-electron chi connectivity index (χ0n) is 10.4. The third kappa shape index (κ3) is 4.76. The van der Waals surface area contributed by atoms with Crippen molar-refractivity contribution in [1.29, 1.82) is 0 Å². The summed E-state index contributed by atoms with van der Waals surface area (Å²) in [5, 5.41) is 5.80. The highest BCUT2D eigenvalue weighted by atomic mass is 35.5. The van der Waals surface area contributed by atoms with Crippen LogP contribution in [0.4, 0.5) is 8.78 Å². The van der Waals surface area contributed by atoms with Gasteiger partial charge in [0.2, 0.25) is 5.91 Å². The van der Waals surface area contributed by atoms with Crippen molar-refractivity contribution in [3.8, 4) is 0 Å². The molecular weight excluding hydrogens is 274 g/mol. The lowest BCUT2D eigenvalue weighted by molar-refractivity contribution is -0.122. The van der Waals surface area contributed by atoms with E-state index in [-0.39, 0.29) is 30.4 Å². The number of rotatable bonds is 4. The quantitative estimate of drug-likeness (QED) is 0.890. The van der Waals surface area contributed by atoms with E-state index in [2.05, 4.69) is 10.6 Å². The first kappa shape index (κ1) is 15.9. The summed E-state index contributed by atoms with van der Waals surface area (Å²) in [5.41, 5.74) is 0.174. The molecule has 1 atom stereocenters. The third-order valence-electron chi connectivity index (χ3n) is 3.12. The number of hydrogen-bond donors (Lipinski definition) is 2. The second-order valence-corrected chi connectivity index (χ2v) is 4.58. The van der Waals surface area contributed by atoms with E-state index < -0.39 is 11.6 Å². The SMILES string of the molecule is Cl.O=C(CC1CCNC1)NCc1cc(F)ccc1F. The van der Waals surface area contributed by atoms with Crippen LogP contribution in [0.5, 0.6) is 0 Å². The molecule has 1 heterocycles. The summed E-state index contributed by atoms with van der Waals surface area (Å²) < 4.78 is 26.2. The van der Waals surface area contributed by atoms with Crippen LogP contribution in [0.3, 0.4) is 0 Å². The molecule has 19 heavy (non-hydrogen) atoms. The number of benzene rings is 1. The molecule has 6 heteroatoms. The zero-order valence-corrected chi connectivity index (χ0v) is 11.2. The highest BCUT2D eigenvalue weighted by Gasteiger charge is 2.18. The molecule has 0 aromatic heterocycles. The standard InChI is InChI=1S/C13H16F2N2O.ClH/c14-11-1-2-12(15)10(6-11)8-17-13(18)5-9-3-4-16-7-9;/h1-2,6,9,16H,3-5,7-8H2,(H,17,18);1H. The zero-order chi connectivity index (χ0) is 13.0. The van der Waals surface area contributed by atoms with Gasteiger partial charge in [-0.2, -0.15) is 0 Å². The first-order valence-corrected chi connectivity index (χ1v) is 6.06. The summed E-state index contributed by atoms with van der Waals surface area (Å²) in [4.78, 5) is 11.6. The molecule has 1 unspecified atom stereocenters. The second kappa shape index (κ2) is 7.40. The van der Waals surface area contributed by atoms with E-state index in [9.17, 15) is 13.6 Å². The number of carbonyl (C=O) groups is 1. The fourth-order valence-electron chi connectivity index (χ4n) is 2.10. The molecule has 2 rings (SSSR count). The molecule has 0 spiro atoms. The number of halogens is 3. The fourth-order valence-corrected chi connectivity index (χ4v) is 2.10. The van der Waals surface area contributed by atoms with Gasteiger partial charge in [0.15, 0.2) is 0 Å². The normalized spacial score (nSPS) is 17.9. The average molecular weight is 291 g/mol. The Balaban J connectivity index is 0.00000180. The Hall–Kier alpha value is -1.20. The minimum Gasteiger partial charge on any atom is -0.352 e. The minimum absolute atomic E-state index is 0. The van der Waals surface area contributed by atoms with Gasteiger partial charge in [0, 0.05) is 18.5 Å². The second-order valence-electron chi connectivity index (χ2n) is 4.58. The predicted molar refractivity (Wildman–Crippen MR) is 71.0 cm³/mol. The van der Waals surface area contributed by atoms with Gasteiger partial charge in [-0.3, -0.25) is 4.79 Å². The maximum atomic E-state index is 13.3. The summed E-state index contributed by atoms with van der Waals surface area (Å²) in [6.45, 7) is 1.82. The molecule has 0 radical (unpaired) electrons. The van der Waals surface area contributed by atoms with Crippen molar-refractivity contribution in [2.45, 2.75) is 19.4 Å². The van der Waals surface area contributed by atoms with Crippen molar-refractivity contribution in [2.75, 3.05) is 13.1 Å². The summed E-state index contributed by atoms with van der Waals surface area (Å²) >= 11 is 0. The molecule has 1 amide bonds. The monoisotopic (exact) mass is 290 g/mol. The van der Waals surface area contributed by atoms with Crippen LogP contribution in [0, 0.1) is 17.6 Å². The molecule has 0 aliphatic carbocycles. The Bertz CT molecular complexity index is 437. The lowest BCUT2D eigenvalue weighted by Crippen LogP contribution is -2.26. The largest absolute Gasteiger partial charge is 0.352 e. The van der Waals surface area contributed by atoms with Gasteiger partial charge >= 0.3 is 0 Å². The van der Waals surface area contributed by atoms with Crippen molar-refractivity contribution in [3.05, 3.63) is 35.4 Å². The van der Waals surface area contributed by atoms with E-state index in [0.717, 1.165) is 37.7 Å². The Morgan fingerprint density at radius 1 is 1.42 bits per heavy atom. The average Bonchev–Trinajstić information content (AvgIpc) is 2.83. The molecule has 1 aliphatic rings. The molecule has 0 bridgehead atoms. The molecule has 1 aromatic rings. The van der Waals surface area contributed by atoms with Crippen LogP contribution in [-0.2, 0) is 11.3 Å². The maximum Gasteiger partial charge on any atom is 0.220 e. The fraction of sp³-hybridized carbons (Fsp3) is 0.462. The van der Waals surface area contributed by atoms with Crippen molar-refractivity contribution >= 4 is 18.3 Å². The highest BCUT2D eigenvalue weighted by Crippen LogP contribution is 2.13. The lowest BCUT2D eigenvalue weighted by Gasteiger charge is -2.09. The van der Waals surface area contributed by atoms with Gasteiger partial charge in [0.05, 0.1) is 0 Å². The molecule has 1 fully saturated rings. The topological polar surface area (TPSA) is 41.1 Å². The van der Waals surface area contributed by atoms with Gasteiger partial charge in [-0.1, -0.05) is 0 Å². The van der Waals surface area contributed by atoms with Crippen molar-refractivity contribution in [3.63, 3.8) is 0 Å². The first-order valence-electron chi connectivity index (χ1n) is 6.06. The molecule has 2 N–H and O–H groups in total. The van der Waals surface area contributed by atoms with Crippen LogP contribution < -0.4 is 10.6 Å². The van der Waals surface area contributed by atoms with E-state index in [4.69, 9.17) is 0 Å².